The van der Waals surface area contributed by atoms with Gasteiger partial charge in [-0.3, -0.25) is 4.99 Å². The molecule has 2 fully saturated rings. The second kappa shape index (κ2) is 11.9. The molecule has 3 atom stereocenters. The van der Waals surface area contributed by atoms with Crippen LogP contribution in [0, 0.1) is 11.8 Å². The van der Waals surface area contributed by atoms with Crippen molar-refractivity contribution in [3.05, 3.63) is 0 Å². The van der Waals surface area contributed by atoms with Crippen LogP contribution in [0.4, 0.5) is 0 Å². The van der Waals surface area contributed by atoms with Gasteiger partial charge in [0.25, 0.3) is 0 Å². The number of methoxy groups -OCH3 is 1. The number of amides is 1. The van der Waals surface area contributed by atoms with Crippen molar-refractivity contribution in [2.24, 2.45) is 28.3 Å². The molecule has 1 amide bonds. The van der Waals surface area contributed by atoms with Gasteiger partial charge in [0.2, 0.25) is 0 Å². The van der Waals surface area contributed by atoms with Crippen LogP contribution in [0.3, 0.4) is 0 Å². The number of carbonyl (C=O) groups excluding carboxylic acids is 2. The fourth-order valence-corrected chi connectivity index (χ4v) is 4.52. The molecule has 0 aromatic rings. The monoisotopic (exact) mass is 407 g/mol. The molecule has 10 heteroatoms. The Hall–Kier alpha value is -1.97. The molecule has 0 spiro atoms. The summed E-state index contributed by atoms with van der Waals surface area (Å²) in [5.74, 6) is 0.180. The Labute approximate surface area is 173 Å². The first-order chi connectivity index (χ1) is 13.9. The van der Waals surface area contributed by atoms with Crippen molar-refractivity contribution in [2.45, 2.75) is 75.9 Å². The van der Waals surface area contributed by atoms with Gasteiger partial charge in [0.05, 0.1) is 6.04 Å². The van der Waals surface area contributed by atoms with Gasteiger partial charge in [-0.2, -0.15) is 0 Å². The number of rotatable bonds is 9. The second-order valence-electron chi connectivity index (χ2n) is 8.18. The molecular formula is C19H34BN5O4. The van der Waals surface area contributed by atoms with Crippen LogP contribution in [0.15, 0.2) is 4.99 Å². The van der Waals surface area contributed by atoms with Gasteiger partial charge in [-0.1, -0.05) is 6.42 Å². The van der Waals surface area contributed by atoms with Crippen molar-refractivity contribution in [1.29, 1.82) is 0 Å². The zero-order valence-corrected chi connectivity index (χ0v) is 17.3. The molecule has 0 radical (unpaired) electrons. The van der Waals surface area contributed by atoms with Gasteiger partial charge in [-0.15, -0.1) is 0 Å². The van der Waals surface area contributed by atoms with Crippen LogP contribution < -0.4 is 22.1 Å². The Balaban J connectivity index is 1.77. The van der Waals surface area contributed by atoms with Crippen molar-refractivity contribution in [2.75, 3.05) is 13.6 Å². The van der Waals surface area contributed by atoms with Gasteiger partial charge >= 0.3 is 131 Å². The molecule has 0 aromatic heterocycles. The quantitative estimate of drug-likeness (QED) is 0.182. The van der Waals surface area contributed by atoms with Gasteiger partial charge in [0, 0.05) is 0 Å². The van der Waals surface area contributed by atoms with Crippen LogP contribution in [0.25, 0.3) is 0 Å². The van der Waals surface area contributed by atoms with E-state index >= 15 is 0 Å². The third-order valence-electron chi connectivity index (χ3n) is 6.04. The zero-order valence-electron chi connectivity index (χ0n) is 17.3. The van der Waals surface area contributed by atoms with Gasteiger partial charge in [0.15, 0.2) is 5.96 Å². The molecule has 2 aliphatic rings. The normalized spacial score (nSPS) is 27.9. The number of ether oxygens (including phenoxy) is 1. The van der Waals surface area contributed by atoms with Gasteiger partial charge in [0.1, 0.15) is 0 Å². The summed E-state index contributed by atoms with van der Waals surface area (Å²) in [6.45, 7) is 0. The summed E-state index contributed by atoms with van der Waals surface area (Å²) in [7, 11) is 2.10. The van der Waals surface area contributed by atoms with Crippen molar-refractivity contribution >= 4 is 25.0 Å². The minimum absolute atomic E-state index is 0.0363. The average molecular weight is 407 g/mol. The Morgan fingerprint density at radius 1 is 1.17 bits per heavy atom. The summed E-state index contributed by atoms with van der Waals surface area (Å²) < 4.78 is 15.4. The minimum atomic E-state index is -0.462. The molecule has 2 rings (SSSR count). The Morgan fingerprint density at radius 3 is 2.52 bits per heavy atom. The zero-order chi connectivity index (χ0) is 21.2. The first-order valence-electron chi connectivity index (χ1n) is 10.6. The van der Waals surface area contributed by atoms with Gasteiger partial charge in [-0.05, 0) is 6.42 Å². The second-order valence-corrected chi connectivity index (χ2v) is 8.18. The topological polar surface area (TPSA) is 149 Å². The average Bonchev–Trinajstić information content (AvgIpc) is 2.71. The third kappa shape index (κ3) is 7.76. The number of nitrogens with zero attached hydrogens (tertiary/aromatic N) is 1. The van der Waals surface area contributed by atoms with E-state index in [1.165, 1.54) is 7.11 Å². The molecule has 0 heterocycles. The van der Waals surface area contributed by atoms with E-state index in [1.54, 1.807) is 0 Å². The van der Waals surface area contributed by atoms with Crippen LogP contribution in [-0.2, 0) is 19.0 Å². The number of guanidine groups is 1. The number of esters is 1. The maximum atomic E-state index is 12.7. The number of carbonyl (C=O) groups is 2. The fourth-order valence-electron chi connectivity index (χ4n) is 4.52. The molecule has 2 saturated carbocycles. The van der Waals surface area contributed by atoms with Gasteiger partial charge in [-0.25, -0.2) is 0 Å². The van der Waals surface area contributed by atoms with E-state index in [-0.39, 0.29) is 42.3 Å². The van der Waals surface area contributed by atoms with Crippen molar-refractivity contribution in [3.63, 3.8) is 0 Å². The van der Waals surface area contributed by atoms with Crippen LogP contribution in [-0.4, -0.2) is 56.7 Å². The Bertz CT molecular complexity index is 591. The predicted molar refractivity (Wildman–Crippen MR) is 110 cm³/mol. The van der Waals surface area contributed by atoms with Crippen molar-refractivity contribution < 1.29 is 19.0 Å². The summed E-state index contributed by atoms with van der Waals surface area (Å²) in [5.41, 5.74) is 10.9. The Kier molecular flexibility index (Phi) is 9.56. The van der Waals surface area contributed by atoms with E-state index in [2.05, 4.69) is 15.6 Å². The van der Waals surface area contributed by atoms with E-state index in [0.29, 0.717) is 18.8 Å². The number of hydrogen-bond donors (Lipinski definition) is 4. The summed E-state index contributed by atoms with van der Waals surface area (Å²) in [5, 5.41) is 6.13. The first-order valence-corrected chi connectivity index (χ1v) is 10.6. The molecule has 162 valence electrons. The number of hydrogen-bond acceptors (Lipinski definition) is 6. The van der Waals surface area contributed by atoms with E-state index < -0.39 is 6.04 Å². The molecular weight excluding hydrogens is 373 g/mol. The standard InChI is InChI=1S/C19H34BN5O4/c1-29-18(27)16(23-11-20-28)9-12-5-7-14(8-6-12)24-17(26)13-3-2-4-15(10-13)25-19(21)22/h12-16,23H,2-11H2,1H3,(H,24,26)(H4,21,22,25). The summed E-state index contributed by atoms with van der Waals surface area (Å²) in [6.07, 6.45) is 7.87. The van der Waals surface area contributed by atoms with Crippen molar-refractivity contribution in [1.82, 2.24) is 10.6 Å². The molecule has 0 saturated heterocycles. The van der Waals surface area contributed by atoms with Crippen LogP contribution in [0.5, 0.6) is 0 Å². The molecule has 9 nitrogen and oxygen atoms in total. The van der Waals surface area contributed by atoms with Gasteiger partial charge < -0.3 is 11.5 Å². The molecule has 29 heavy (non-hydrogen) atoms. The molecule has 0 aliphatic heterocycles. The van der Waals surface area contributed by atoms with Crippen LogP contribution in [0.1, 0.15) is 57.8 Å². The summed E-state index contributed by atoms with van der Waals surface area (Å²) in [6, 6.07) is -0.257. The molecule has 6 N–H and O–H groups in total. The maximum absolute atomic E-state index is 12.7. The fraction of sp³-hybridized carbons (Fsp3) is 0.842. The molecule has 0 aromatic carbocycles. The molecule has 2 aliphatic carbocycles. The molecule has 3 unspecified atom stereocenters. The Morgan fingerprint density at radius 2 is 1.90 bits per heavy atom. The van der Waals surface area contributed by atoms with Crippen molar-refractivity contribution in [3.8, 4) is 0 Å². The van der Waals surface area contributed by atoms with E-state index in [9.17, 15) is 14.3 Å². The number of nitrogens with one attached hydrogen (secondary N) is 2. The number of nitrogens with two attached hydrogens (primary N) is 2. The van der Waals surface area contributed by atoms with Crippen LogP contribution >= 0.6 is 0 Å². The van der Waals surface area contributed by atoms with E-state index in [4.69, 9.17) is 16.2 Å². The molecule has 0 bridgehead atoms. The summed E-state index contributed by atoms with van der Waals surface area (Å²) in [4.78, 5) is 28.8. The summed E-state index contributed by atoms with van der Waals surface area (Å²) >= 11 is 0. The third-order valence-corrected chi connectivity index (χ3v) is 6.04. The SMILES string of the molecule is COC(=O)C(CC1CCC(NC(=O)C2CCCC(N=C(N)N)C2)CC1)NCB=O. The van der Waals surface area contributed by atoms with Crippen LogP contribution in [0.2, 0.25) is 0 Å². The van der Waals surface area contributed by atoms with E-state index in [1.807, 2.05) is 0 Å². The van der Waals surface area contributed by atoms with E-state index in [0.717, 1.165) is 52.1 Å². The predicted octanol–water partition coefficient (Wildman–Crippen LogP) is 0.0221. The number of aliphatic imine (C=N–C) groups is 1. The first kappa shape index (κ1) is 23.3.